The van der Waals surface area contributed by atoms with Crippen molar-refractivity contribution in [1.29, 1.82) is 0 Å². The Morgan fingerprint density at radius 3 is 2.14 bits per heavy atom. The number of rotatable bonds is 1. The summed E-state index contributed by atoms with van der Waals surface area (Å²) in [6.07, 6.45) is 3.47. The molecule has 2 heterocycles. The smallest absolute Gasteiger partial charge is 0.103 e. The van der Waals surface area contributed by atoms with Crippen molar-refractivity contribution in [2.75, 3.05) is 26.2 Å². The topological polar surface area (TPSA) is 15.3 Å². The highest BCUT2D eigenvalue weighted by molar-refractivity contribution is 5.85. The first-order chi connectivity index (χ1) is 6.36. The van der Waals surface area contributed by atoms with Crippen LogP contribution >= 0.6 is 12.4 Å². The molecule has 2 saturated heterocycles. The number of hydrogen-bond donors (Lipinski definition) is 1. The van der Waals surface area contributed by atoms with Gasteiger partial charge in [0.25, 0.3) is 0 Å². The van der Waals surface area contributed by atoms with E-state index in [0.29, 0.717) is 0 Å². The Labute approximate surface area is 91.6 Å². The maximum atomic E-state index is 12.9. The van der Waals surface area contributed by atoms with Crippen LogP contribution in [0, 0.1) is 0 Å². The van der Waals surface area contributed by atoms with E-state index in [4.69, 9.17) is 0 Å². The Morgan fingerprint density at radius 2 is 1.57 bits per heavy atom. The molecule has 2 fully saturated rings. The molecular weight excluding hydrogens is 203 g/mol. The molecular formula is C10H20ClFN2. The van der Waals surface area contributed by atoms with Crippen LogP contribution in [0.2, 0.25) is 0 Å². The van der Waals surface area contributed by atoms with Gasteiger partial charge in [0, 0.05) is 19.1 Å². The lowest BCUT2D eigenvalue weighted by Gasteiger charge is -2.37. The number of likely N-dealkylation sites (tertiary alicyclic amines) is 1. The molecule has 0 atom stereocenters. The van der Waals surface area contributed by atoms with Gasteiger partial charge in [-0.15, -0.1) is 12.4 Å². The first-order valence-electron chi connectivity index (χ1n) is 5.45. The first-order valence-corrected chi connectivity index (χ1v) is 5.45. The number of hydrogen-bond acceptors (Lipinski definition) is 2. The summed E-state index contributed by atoms with van der Waals surface area (Å²) in [4.78, 5) is 2.48. The highest BCUT2D eigenvalue weighted by atomic mass is 35.5. The van der Waals surface area contributed by atoms with Crippen LogP contribution in [0.25, 0.3) is 0 Å². The zero-order valence-electron chi connectivity index (χ0n) is 8.54. The van der Waals surface area contributed by atoms with Gasteiger partial charge in [-0.3, -0.25) is 0 Å². The van der Waals surface area contributed by atoms with Gasteiger partial charge in [-0.2, -0.15) is 0 Å². The molecule has 0 amide bonds. The van der Waals surface area contributed by atoms with Crippen molar-refractivity contribution < 1.29 is 4.39 Å². The molecule has 1 N–H and O–H groups in total. The van der Waals surface area contributed by atoms with Crippen LogP contribution in [0.1, 0.15) is 25.7 Å². The summed E-state index contributed by atoms with van der Waals surface area (Å²) in [5.41, 5.74) is 0. The lowest BCUT2D eigenvalue weighted by atomic mass is 10.0. The van der Waals surface area contributed by atoms with E-state index in [1.54, 1.807) is 0 Å². The second kappa shape index (κ2) is 5.89. The molecule has 4 heteroatoms. The molecule has 0 bridgehead atoms. The maximum Gasteiger partial charge on any atom is 0.103 e. The number of halogens is 2. The fourth-order valence-electron chi connectivity index (χ4n) is 2.40. The monoisotopic (exact) mass is 222 g/mol. The van der Waals surface area contributed by atoms with Crippen molar-refractivity contribution >= 4 is 12.4 Å². The lowest BCUT2D eigenvalue weighted by Crippen LogP contribution is -2.46. The van der Waals surface area contributed by atoms with E-state index in [2.05, 4.69) is 10.2 Å². The van der Waals surface area contributed by atoms with E-state index in [9.17, 15) is 4.39 Å². The summed E-state index contributed by atoms with van der Waals surface area (Å²) in [7, 11) is 0. The van der Waals surface area contributed by atoms with Crippen LogP contribution in [-0.2, 0) is 0 Å². The summed E-state index contributed by atoms with van der Waals surface area (Å²) in [6, 6.07) is 0.730. The zero-order chi connectivity index (χ0) is 9.10. The summed E-state index contributed by atoms with van der Waals surface area (Å²) in [5.74, 6) is 0. The number of nitrogens with zero attached hydrogens (tertiary/aromatic N) is 1. The van der Waals surface area contributed by atoms with Gasteiger partial charge < -0.3 is 10.2 Å². The third-order valence-corrected chi connectivity index (χ3v) is 3.28. The molecule has 14 heavy (non-hydrogen) atoms. The van der Waals surface area contributed by atoms with Crippen molar-refractivity contribution in [1.82, 2.24) is 10.2 Å². The van der Waals surface area contributed by atoms with Crippen molar-refractivity contribution in [3.63, 3.8) is 0 Å². The van der Waals surface area contributed by atoms with Gasteiger partial charge in [-0.1, -0.05) is 0 Å². The van der Waals surface area contributed by atoms with E-state index < -0.39 is 6.17 Å². The summed E-state index contributed by atoms with van der Waals surface area (Å²) in [6.45, 7) is 4.23. The average Bonchev–Trinajstić information content (AvgIpc) is 2.20. The predicted octanol–water partition coefficient (Wildman–Crippen LogP) is 1.59. The van der Waals surface area contributed by atoms with Gasteiger partial charge in [-0.25, -0.2) is 4.39 Å². The molecule has 2 aliphatic heterocycles. The van der Waals surface area contributed by atoms with Gasteiger partial charge in [0.05, 0.1) is 0 Å². The SMILES string of the molecule is Cl.FC1CCN(C2CCNCC2)CC1. The summed E-state index contributed by atoms with van der Waals surface area (Å²) < 4.78 is 12.9. The molecule has 0 aromatic heterocycles. The van der Waals surface area contributed by atoms with Crippen LogP contribution in [0.3, 0.4) is 0 Å². The van der Waals surface area contributed by atoms with Crippen molar-refractivity contribution in [2.24, 2.45) is 0 Å². The minimum Gasteiger partial charge on any atom is -0.317 e. The molecule has 0 aliphatic carbocycles. The molecule has 0 saturated carbocycles. The summed E-state index contributed by atoms with van der Waals surface area (Å²) in [5, 5.41) is 3.36. The molecule has 0 spiro atoms. The Kier molecular flexibility index (Phi) is 5.13. The van der Waals surface area contributed by atoms with E-state index in [0.717, 1.165) is 45.1 Å². The maximum absolute atomic E-state index is 12.9. The molecule has 0 radical (unpaired) electrons. The van der Waals surface area contributed by atoms with Gasteiger partial charge in [0.2, 0.25) is 0 Å². The predicted molar refractivity (Wildman–Crippen MR) is 58.8 cm³/mol. The van der Waals surface area contributed by atoms with Crippen LogP contribution < -0.4 is 5.32 Å². The number of nitrogens with one attached hydrogen (secondary N) is 1. The fraction of sp³-hybridized carbons (Fsp3) is 1.00. The summed E-state index contributed by atoms with van der Waals surface area (Å²) >= 11 is 0. The van der Waals surface area contributed by atoms with E-state index in [-0.39, 0.29) is 12.4 Å². The van der Waals surface area contributed by atoms with Crippen LogP contribution in [0.5, 0.6) is 0 Å². The van der Waals surface area contributed by atoms with Gasteiger partial charge in [-0.05, 0) is 38.8 Å². The zero-order valence-corrected chi connectivity index (χ0v) is 9.36. The lowest BCUT2D eigenvalue weighted by molar-refractivity contribution is 0.0948. The molecule has 0 aromatic rings. The number of piperidine rings is 2. The minimum absolute atomic E-state index is 0. The van der Waals surface area contributed by atoms with Crippen LogP contribution in [-0.4, -0.2) is 43.3 Å². The molecule has 84 valence electrons. The van der Waals surface area contributed by atoms with Gasteiger partial charge >= 0.3 is 0 Å². The fourth-order valence-corrected chi connectivity index (χ4v) is 2.40. The molecule has 2 nitrogen and oxygen atoms in total. The van der Waals surface area contributed by atoms with Crippen molar-refractivity contribution in [3.8, 4) is 0 Å². The third-order valence-electron chi connectivity index (χ3n) is 3.28. The van der Waals surface area contributed by atoms with E-state index in [1.165, 1.54) is 12.8 Å². The molecule has 0 aromatic carbocycles. The van der Waals surface area contributed by atoms with Crippen LogP contribution in [0.4, 0.5) is 4.39 Å². The third kappa shape index (κ3) is 3.07. The highest BCUT2D eigenvalue weighted by Crippen LogP contribution is 2.19. The van der Waals surface area contributed by atoms with E-state index in [1.807, 2.05) is 0 Å². The Hall–Kier alpha value is 0.140. The Morgan fingerprint density at radius 1 is 1.00 bits per heavy atom. The van der Waals surface area contributed by atoms with Gasteiger partial charge in [0.1, 0.15) is 6.17 Å². The highest BCUT2D eigenvalue weighted by Gasteiger charge is 2.25. The molecule has 2 rings (SSSR count). The minimum atomic E-state index is -0.530. The Balaban J connectivity index is 0.000000980. The van der Waals surface area contributed by atoms with Gasteiger partial charge in [0.15, 0.2) is 0 Å². The number of alkyl halides is 1. The largest absolute Gasteiger partial charge is 0.317 e. The molecule has 0 unspecified atom stereocenters. The van der Waals surface area contributed by atoms with Crippen molar-refractivity contribution in [3.05, 3.63) is 0 Å². The second-order valence-electron chi connectivity index (χ2n) is 4.19. The van der Waals surface area contributed by atoms with Crippen LogP contribution in [0.15, 0.2) is 0 Å². The Bertz CT molecular complexity index is 154. The van der Waals surface area contributed by atoms with Crippen molar-refractivity contribution in [2.45, 2.75) is 37.9 Å². The average molecular weight is 223 g/mol. The normalized spacial score (nSPS) is 27.2. The second-order valence-corrected chi connectivity index (χ2v) is 4.19. The molecule has 2 aliphatic rings. The standard InChI is InChI=1S/C10H19FN2.ClH/c11-9-3-7-13(8-4-9)10-1-5-12-6-2-10;/h9-10,12H,1-8H2;1H. The first kappa shape index (κ1) is 12.2. The van der Waals surface area contributed by atoms with E-state index >= 15 is 0 Å². The quantitative estimate of drug-likeness (QED) is 0.725.